The number of ether oxygens (including phenoxy) is 2. The molecule has 1 N–H and O–H groups in total. The molecule has 0 fully saturated rings. The lowest BCUT2D eigenvalue weighted by Crippen LogP contribution is -2.02. The second-order valence-corrected chi connectivity index (χ2v) is 8.84. The van der Waals surface area contributed by atoms with E-state index >= 15 is 0 Å². The van der Waals surface area contributed by atoms with Crippen LogP contribution in [0.1, 0.15) is 36.4 Å². The van der Waals surface area contributed by atoms with Gasteiger partial charge in [0.05, 0.1) is 11.4 Å². The Kier molecular flexibility index (Phi) is 6.86. The lowest BCUT2D eigenvalue weighted by Gasteiger charge is -2.09. The van der Waals surface area contributed by atoms with Gasteiger partial charge in [0, 0.05) is 38.4 Å². The zero-order valence-corrected chi connectivity index (χ0v) is 20.9. The van der Waals surface area contributed by atoms with Crippen molar-refractivity contribution in [2.75, 3.05) is 0 Å². The minimum Gasteiger partial charge on any atom is -0.493 e. The molecule has 0 unspecified atom stereocenters. The fourth-order valence-corrected chi connectivity index (χ4v) is 4.20. The van der Waals surface area contributed by atoms with Gasteiger partial charge in [0.2, 0.25) is 5.88 Å². The van der Waals surface area contributed by atoms with Crippen molar-refractivity contribution < 1.29 is 24.2 Å². The molecule has 8 nitrogen and oxygen atoms in total. The van der Waals surface area contributed by atoms with Gasteiger partial charge in [-0.15, -0.1) is 0 Å². The van der Waals surface area contributed by atoms with Gasteiger partial charge in [0.1, 0.15) is 17.2 Å². The highest BCUT2D eigenvalue weighted by molar-refractivity contribution is 5.70. The number of carbonyl (C=O) groups excluding carboxylic acids is 2. The molecule has 2 heterocycles. The fraction of sp³-hybridized carbons (Fsp3) is 0.133. The third kappa shape index (κ3) is 5.54. The van der Waals surface area contributed by atoms with Crippen LogP contribution in [0, 0.1) is 0 Å². The summed E-state index contributed by atoms with van der Waals surface area (Å²) in [4.78, 5) is 32.1. The predicted octanol–water partition coefficient (Wildman–Crippen LogP) is 5.13. The molecule has 0 atom stereocenters. The third-order valence-electron chi connectivity index (χ3n) is 5.90. The summed E-state index contributed by atoms with van der Waals surface area (Å²) in [5.74, 6) is 0.155. The summed E-state index contributed by atoms with van der Waals surface area (Å²) < 4.78 is 11.9. The molecule has 0 aliphatic carbocycles. The van der Waals surface area contributed by atoms with Gasteiger partial charge in [-0.25, -0.2) is 9.97 Å². The predicted molar refractivity (Wildman–Crippen MR) is 141 cm³/mol. The van der Waals surface area contributed by atoms with E-state index in [2.05, 4.69) is 0 Å². The van der Waals surface area contributed by atoms with Crippen molar-refractivity contribution in [2.24, 2.45) is 0 Å². The molecule has 0 spiro atoms. The first kappa shape index (κ1) is 24.7. The standard InChI is InChI=1S/C30H25N3O5/c1-19(34)37-24-12-8-22(9-13-24)17-27-30(36)33-18-28(23-10-14-25(15-11-23)38-20(2)35)31-26(29(33)32-27)16-21-6-4-3-5-7-21/h3-15,18,36H,16-17H2,1-2H3. The third-order valence-corrected chi connectivity index (χ3v) is 5.90. The summed E-state index contributed by atoms with van der Waals surface area (Å²) >= 11 is 0. The Balaban J connectivity index is 1.54. The molecular formula is C30H25N3O5. The van der Waals surface area contributed by atoms with Crippen molar-refractivity contribution in [1.29, 1.82) is 0 Å². The van der Waals surface area contributed by atoms with Crippen LogP contribution in [0.25, 0.3) is 16.9 Å². The SMILES string of the molecule is CC(=O)Oc1ccc(Cc2nc3c(Cc4ccccc4)nc(-c4ccc(OC(C)=O)cc4)cn3c2O)cc1. The Morgan fingerprint density at radius 3 is 1.89 bits per heavy atom. The second-order valence-electron chi connectivity index (χ2n) is 8.84. The maximum Gasteiger partial charge on any atom is 0.308 e. The molecule has 0 amide bonds. The Labute approximate surface area is 219 Å². The van der Waals surface area contributed by atoms with Crippen LogP contribution in [-0.4, -0.2) is 31.4 Å². The van der Waals surface area contributed by atoms with Crippen LogP contribution >= 0.6 is 0 Å². The Bertz CT molecular complexity index is 1610. The summed E-state index contributed by atoms with van der Waals surface area (Å²) in [6.07, 6.45) is 2.65. The maximum absolute atomic E-state index is 11.3. The smallest absolute Gasteiger partial charge is 0.308 e. The zero-order chi connectivity index (χ0) is 26.6. The molecule has 0 saturated carbocycles. The maximum atomic E-state index is 11.3. The molecule has 0 aliphatic heterocycles. The highest BCUT2D eigenvalue weighted by atomic mass is 16.5. The average Bonchev–Trinajstić information content (AvgIpc) is 3.21. The fourth-order valence-electron chi connectivity index (χ4n) is 4.20. The first-order valence-corrected chi connectivity index (χ1v) is 12.1. The van der Waals surface area contributed by atoms with E-state index in [-0.39, 0.29) is 17.8 Å². The normalized spacial score (nSPS) is 10.9. The Hall–Kier alpha value is -4.98. The molecule has 8 heteroatoms. The van der Waals surface area contributed by atoms with E-state index in [0.717, 1.165) is 16.7 Å². The molecule has 5 rings (SSSR count). The number of benzene rings is 3. The van der Waals surface area contributed by atoms with Crippen LogP contribution < -0.4 is 9.47 Å². The minimum atomic E-state index is -0.390. The number of carbonyl (C=O) groups is 2. The number of hydrogen-bond donors (Lipinski definition) is 1. The van der Waals surface area contributed by atoms with Gasteiger partial charge in [-0.05, 0) is 47.5 Å². The molecule has 0 aliphatic rings. The van der Waals surface area contributed by atoms with Crippen LogP contribution in [0.4, 0.5) is 0 Å². The lowest BCUT2D eigenvalue weighted by molar-refractivity contribution is -0.132. The van der Waals surface area contributed by atoms with Gasteiger partial charge in [0.15, 0.2) is 5.65 Å². The highest BCUT2D eigenvalue weighted by Crippen LogP contribution is 2.29. The number of aromatic nitrogens is 3. The largest absolute Gasteiger partial charge is 0.493 e. The van der Waals surface area contributed by atoms with Gasteiger partial charge < -0.3 is 14.6 Å². The number of imidazole rings is 1. The summed E-state index contributed by atoms with van der Waals surface area (Å²) in [6.45, 7) is 2.71. The quantitative estimate of drug-likeness (QED) is 0.240. The monoisotopic (exact) mass is 507 g/mol. The molecule has 0 saturated heterocycles. The number of nitrogens with zero attached hydrogens (tertiary/aromatic N) is 3. The summed E-state index contributed by atoms with van der Waals surface area (Å²) in [5, 5.41) is 11.2. The van der Waals surface area contributed by atoms with E-state index < -0.39 is 0 Å². The molecule has 2 aromatic heterocycles. The van der Waals surface area contributed by atoms with E-state index in [1.807, 2.05) is 54.6 Å². The van der Waals surface area contributed by atoms with Crippen LogP contribution in [0.2, 0.25) is 0 Å². The van der Waals surface area contributed by atoms with Crippen LogP contribution in [0.15, 0.2) is 85.1 Å². The summed E-state index contributed by atoms with van der Waals surface area (Å²) in [6, 6.07) is 24.1. The first-order valence-electron chi connectivity index (χ1n) is 12.1. The first-order chi connectivity index (χ1) is 18.4. The number of esters is 2. The van der Waals surface area contributed by atoms with Gasteiger partial charge in [0.25, 0.3) is 0 Å². The van der Waals surface area contributed by atoms with Gasteiger partial charge in [-0.2, -0.15) is 0 Å². The van der Waals surface area contributed by atoms with Crippen molar-refractivity contribution in [3.05, 3.63) is 108 Å². The Morgan fingerprint density at radius 1 is 0.737 bits per heavy atom. The highest BCUT2D eigenvalue weighted by Gasteiger charge is 2.18. The lowest BCUT2D eigenvalue weighted by atomic mass is 10.1. The van der Waals surface area contributed by atoms with Crippen molar-refractivity contribution in [2.45, 2.75) is 26.7 Å². The van der Waals surface area contributed by atoms with E-state index in [1.165, 1.54) is 13.8 Å². The number of fused-ring (bicyclic) bond motifs is 1. The number of rotatable bonds is 7. The zero-order valence-electron chi connectivity index (χ0n) is 20.9. The summed E-state index contributed by atoms with van der Waals surface area (Å²) in [5.41, 5.74) is 5.19. The molecule has 3 aromatic carbocycles. The second kappa shape index (κ2) is 10.6. The van der Waals surface area contributed by atoms with Crippen LogP contribution in [0.3, 0.4) is 0 Å². The van der Waals surface area contributed by atoms with E-state index in [9.17, 15) is 14.7 Å². The van der Waals surface area contributed by atoms with Crippen molar-refractivity contribution in [3.8, 4) is 28.6 Å². The van der Waals surface area contributed by atoms with E-state index in [1.54, 1.807) is 34.9 Å². The molecule has 5 aromatic rings. The van der Waals surface area contributed by atoms with Crippen molar-refractivity contribution >= 4 is 17.6 Å². The van der Waals surface area contributed by atoms with E-state index in [4.69, 9.17) is 19.4 Å². The van der Waals surface area contributed by atoms with Gasteiger partial charge >= 0.3 is 11.9 Å². The molecule has 38 heavy (non-hydrogen) atoms. The minimum absolute atomic E-state index is 0.0264. The van der Waals surface area contributed by atoms with Crippen molar-refractivity contribution in [1.82, 2.24) is 14.4 Å². The number of aromatic hydroxyl groups is 1. The van der Waals surface area contributed by atoms with Crippen LogP contribution in [-0.2, 0) is 22.4 Å². The summed E-state index contributed by atoms with van der Waals surface area (Å²) in [7, 11) is 0. The van der Waals surface area contributed by atoms with E-state index in [0.29, 0.717) is 47.1 Å². The van der Waals surface area contributed by atoms with Crippen LogP contribution in [0.5, 0.6) is 17.4 Å². The molecular weight excluding hydrogens is 482 g/mol. The average molecular weight is 508 g/mol. The van der Waals surface area contributed by atoms with Gasteiger partial charge in [-0.3, -0.25) is 14.0 Å². The topological polar surface area (TPSA) is 103 Å². The van der Waals surface area contributed by atoms with Crippen molar-refractivity contribution in [3.63, 3.8) is 0 Å². The Morgan fingerprint density at radius 2 is 1.29 bits per heavy atom. The molecule has 0 bridgehead atoms. The van der Waals surface area contributed by atoms with Gasteiger partial charge in [-0.1, -0.05) is 42.5 Å². The molecule has 0 radical (unpaired) electrons. The molecule has 190 valence electrons. The number of hydrogen-bond acceptors (Lipinski definition) is 7.